The number of nitrogens with zero attached hydrogens (tertiary/aromatic N) is 3. The number of hydrogen-bond donors (Lipinski definition) is 1. The second kappa shape index (κ2) is 4.47. The Hall–Kier alpha value is -1.21. The van der Waals surface area contributed by atoms with E-state index in [9.17, 15) is 4.79 Å². The number of nitrogens with one attached hydrogen (secondary N) is 1. The number of anilines is 1. The van der Waals surface area contributed by atoms with Crippen LogP contribution in [0.15, 0.2) is 15.9 Å². The molecule has 0 spiro atoms. The molecule has 2 aromatic heterocycles. The number of thiophene rings is 1. The molecule has 1 saturated carbocycles. The SMILES string of the molecule is Cc1nnc(NC(=O)c2sccc2Br)n1C1CC1. The Morgan fingerprint density at radius 3 is 2.94 bits per heavy atom. The van der Waals surface area contributed by atoms with Crippen LogP contribution in [-0.4, -0.2) is 20.7 Å². The van der Waals surface area contributed by atoms with Gasteiger partial charge in [-0.3, -0.25) is 14.7 Å². The number of carbonyl (C=O) groups is 1. The van der Waals surface area contributed by atoms with Gasteiger partial charge in [0.1, 0.15) is 10.7 Å². The van der Waals surface area contributed by atoms with Gasteiger partial charge in [0.05, 0.1) is 0 Å². The topological polar surface area (TPSA) is 59.8 Å². The number of hydrogen-bond acceptors (Lipinski definition) is 4. The number of rotatable bonds is 3. The van der Waals surface area contributed by atoms with Gasteiger partial charge in [-0.15, -0.1) is 21.5 Å². The molecule has 5 nitrogen and oxygen atoms in total. The first-order valence-corrected chi connectivity index (χ1v) is 7.30. The fourth-order valence-electron chi connectivity index (χ4n) is 1.84. The van der Waals surface area contributed by atoms with E-state index in [2.05, 4.69) is 31.4 Å². The van der Waals surface area contributed by atoms with Gasteiger partial charge >= 0.3 is 0 Å². The Balaban J connectivity index is 1.85. The molecule has 0 unspecified atom stereocenters. The number of aromatic nitrogens is 3. The lowest BCUT2D eigenvalue weighted by atomic mass is 10.4. The molecule has 1 N–H and O–H groups in total. The Bertz CT molecular complexity index is 602. The van der Waals surface area contributed by atoms with Gasteiger partial charge < -0.3 is 0 Å². The average molecular weight is 327 g/mol. The van der Waals surface area contributed by atoms with Crippen molar-refractivity contribution in [2.75, 3.05) is 5.32 Å². The monoisotopic (exact) mass is 326 g/mol. The normalized spacial score (nSPS) is 14.8. The first-order valence-electron chi connectivity index (χ1n) is 5.62. The van der Waals surface area contributed by atoms with E-state index in [4.69, 9.17) is 0 Å². The predicted octanol–water partition coefficient (Wildman–Crippen LogP) is 3.00. The van der Waals surface area contributed by atoms with Crippen LogP contribution in [0.4, 0.5) is 5.95 Å². The highest BCUT2D eigenvalue weighted by atomic mass is 79.9. The van der Waals surface area contributed by atoms with Crippen molar-refractivity contribution in [2.24, 2.45) is 0 Å². The van der Waals surface area contributed by atoms with Gasteiger partial charge in [0.2, 0.25) is 5.95 Å². The summed E-state index contributed by atoms with van der Waals surface area (Å²) in [7, 11) is 0. The molecule has 18 heavy (non-hydrogen) atoms. The van der Waals surface area contributed by atoms with Gasteiger partial charge in [0.15, 0.2) is 0 Å². The predicted molar refractivity (Wildman–Crippen MR) is 73.0 cm³/mol. The summed E-state index contributed by atoms with van der Waals surface area (Å²) in [4.78, 5) is 12.7. The van der Waals surface area contributed by atoms with Crippen LogP contribution in [0.5, 0.6) is 0 Å². The van der Waals surface area contributed by atoms with Crippen molar-refractivity contribution in [3.8, 4) is 0 Å². The zero-order valence-electron chi connectivity index (χ0n) is 9.68. The smallest absolute Gasteiger partial charge is 0.269 e. The van der Waals surface area contributed by atoms with Crippen molar-refractivity contribution in [3.63, 3.8) is 0 Å². The minimum absolute atomic E-state index is 0.147. The summed E-state index contributed by atoms with van der Waals surface area (Å²) < 4.78 is 2.80. The van der Waals surface area contributed by atoms with Crippen molar-refractivity contribution in [1.82, 2.24) is 14.8 Å². The molecule has 0 saturated heterocycles. The van der Waals surface area contributed by atoms with Crippen molar-refractivity contribution < 1.29 is 4.79 Å². The largest absolute Gasteiger partial charge is 0.294 e. The molecule has 2 heterocycles. The van der Waals surface area contributed by atoms with Gasteiger partial charge in [-0.1, -0.05) is 0 Å². The summed E-state index contributed by atoms with van der Waals surface area (Å²) in [6.45, 7) is 1.90. The minimum Gasteiger partial charge on any atom is -0.294 e. The Labute approximate surface area is 116 Å². The summed E-state index contributed by atoms with van der Waals surface area (Å²) in [5.41, 5.74) is 0. The molecule has 1 fully saturated rings. The molecule has 0 bridgehead atoms. The molecule has 0 aliphatic heterocycles. The zero-order valence-corrected chi connectivity index (χ0v) is 12.1. The molecule has 94 valence electrons. The maximum Gasteiger partial charge on any atom is 0.269 e. The highest BCUT2D eigenvalue weighted by molar-refractivity contribution is 9.10. The van der Waals surface area contributed by atoms with E-state index in [1.807, 2.05) is 22.9 Å². The van der Waals surface area contributed by atoms with Crippen molar-refractivity contribution in [3.05, 3.63) is 26.6 Å². The second-order valence-corrected chi connectivity index (χ2v) is 5.99. The lowest BCUT2D eigenvalue weighted by molar-refractivity contribution is 0.102. The van der Waals surface area contributed by atoms with Crippen LogP contribution in [0, 0.1) is 6.92 Å². The standard InChI is InChI=1S/C11H11BrN4OS/c1-6-14-15-11(16(6)7-2-3-7)13-10(17)9-8(12)4-5-18-9/h4-5,7H,2-3H2,1H3,(H,13,15,17). The highest BCUT2D eigenvalue weighted by Crippen LogP contribution is 2.37. The lowest BCUT2D eigenvalue weighted by Crippen LogP contribution is -2.15. The maximum atomic E-state index is 12.1. The van der Waals surface area contributed by atoms with E-state index in [-0.39, 0.29) is 5.91 Å². The third-order valence-electron chi connectivity index (χ3n) is 2.83. The third-order valence-corrected chi connectivity index (χ3v) is 4.66. The van der Waals surface area contributed by atoms with Crippen molar-refractivity contribution in [1.29, 1.82) is 0 Å². The molecule has 7 heteroatoms. The third kappa shape index (κ3) is 2.08. The fourth-order valence-corrected chi connectivity index (χ4v) is 3.28. The van der Waals surface area contributed by atoms with Crippen LogP contribution in [0.25, 0.3) is 0 Å². The quantitative estimate of drug-likeness (QED) is 0.943. The second-order valence-electron chi connectivity index (χ2n) is 4.22. The molecular weight excluding hydrogens is 316 g/mol. The summed E-state index contributed by atoms with van der Waals surface area (Å²) in [6, 6.07) is 2.30. The summed E-state index contributed by atoms with van der Waals surface area (Å²) in [6.07, 6.45) is 2.26. The van der Waals surface area contributed by atoms with Crippen LogP contribution in [0.2, 0.25) is 0 Å². The first-order chi connectivity index (χ1) is 8.66. The molecule has 0 radical (unpaired) electrons. The van der Waals surface area contributed by atoms with Crippen molar-refractivity contribution in [2.45, 2.75) is 25.8 Å². The van der Waals surface area contributed by atoms with E-state index in [0.29, 0.717) is 16.9 Å². The van der Waals surface area contributed by atoms with Gasteiger partial charge in [-0.2, -0.15) is 0 Å². The first kappa shape index (κ1) is 11.9. The number of carbonyl (C=O) groups excluding carboxylic acids is 1. The van der Waals surface area contributed by atoms with Crippen LogP contribution in [0.1, 0.15) is 34.4 Å². The maximum absolute atomic E-state index is 12.1. The molecule has 3 rings (SSSR count). The molecule has 1 amide bonds. The van der Waals surface area contributed by atoms with E-state index in [1.54, 1.807) is 0 Å². The Morgan fingerprint density at radius 2 is 2.33 bits per heavy atom. The van der Waals surface area contributed by atoms with Gasteiger partial charge in [0.25, 0.3) is 5.91 Å². The van der Waals surface area contributed by atoms with Crippen molar-refractivity contribution >= 4 is 39.1 Å². The van der Waals surface area contributed by atoms with E-state index >= 15 is 0 Å². The Morgan fingerprint density at radius 1 is 1.56 bits per heavy atom. The summed E-state index contributed by atoms with van der Waals surface area (Å²) in [5, 5.41) is 12.7. The zero-order chi connectivity index (χ0) is 12.7. The molecule has 2 aromatic rings. The fraction of sp³-hybridized carbons (Fsp3) is 0.364. The van der Waals surface area contributed by atoms with E-state index < -0.39 is 0 Å². The number of aryl methyl sites for hydroxylation is 1. The van der Waals surface area contributed by atoms with Crippen LogP contribution < -0.4 is 5.32 Å². The van der Waals surface area contributed by atoms with Crippen LogP contribution in [0.3, 0.4) is 0 Å². The van der Waals surface area contributed by atoms with E-state index in [1.165, 1.54) is 11.3 Å². The lowest BCUT2D eigenvalue weighted by Gasteiger charge is -2.07. The highest BCUT2D eigenvalue weighted by Gasteiger charge is 2.29. The average Bonchev–Trinajstić information content (AvgIpc) is 2.97. The molecule has 0 aromatic carbocycles. The van der Waals surface area contributed by atoms with Crippen LogP contribution >= 0.6 is 27.3 Å². The molecule has 1 aliphatic rings. The van der Waals surface area contributed by atoms with Gasteiger partial charge in [-0.05, 0) is 47.1 Å². The minimum atomic E-state index is -0.147. The summed E-state index contributed by atoms with van der Waals surface area (Å²) in [5.74, 6) is 1.24. The number of amides is 1. The van der Waals surface area contributed by atoms with E-state index in [0.717, 1.165) is 23.1 Å². The van der Waals surface area contributed by atoms with Crippen LogP contribution in [-0.2, 0) is 0 Å². The molecule has 1 aliphatic carbocycles. The summed E-state index contributed by atoms with van der Waals surface area (Å²) >= 11 is 4.75. The number of halogens is 1. The molecule has 0 atom stereocenters. The van der Waals surface area contributed by atoms with Gasteiger partial charge in [0, 0.05) is 10.5 Å². The molecular formula is C11H11BrN4OS. The van der Waals surface area contributed by atoms with Gasteiger partial charge in [-0.25, -0.2) is 0 Å². The Kier molecular flexibility index (Phi) is 2.95.